The van der Waals surface area contributed by atoms with Crippen LogP contribution in [0.25, 0.3) is 0 Å². The smallest absolute Gasteiger partial charge is 0.269 e. The lowest BCUT2D eigenvalue weighted by Crippen LogP contribution is -2.43. The highest BCUT2D eigenvalue weighted by atomic mass is 127. The molecule has 122 valence electrons. The van der Waals surface area contributed by atoms with Crippen LogP contribution in [0.1, 0.15) is 38.7 Å². The van der Waals surface area contributed by atoms with E-state index in [-0.39, 0.29) is 29.7 Å². The highest BCUT2D eigenvalue weighted by Gasteiger charge is 2.22. The van der Waals surface area contributed by atoms with Crippen molar-refractivity contribution >= 4 is 35.6 Å². The molecule has 0 bridgehead atoms. The number of nitrogens with zero attached hydrogens (tertiary/aromatic N) is 2. The fourth-order valence-corrected chi connectivity index (χ4v) is 1.78. The number of nitrogens with one attached hydrogen (secondary N) is 2. The first-order chi connectivity index (χ1) is 10.1. The first kappa shape index (κ1) is 18.7. The molecule has 0 spiro atoms. The van der Waals surface area contributed by atoms with E-state index in [0.29, 0.717) is 18.6 Å². The number of nitro groups is 1. The molecule has 7 heteroatoms. The van der Waals surface area contributed by atoms with Gasteiger partial charge in [-0.3, -0.25) is 10.1 Å². The Labute approximate surface area is 148 Å². The molecule has 0 heterocycles. The molecule has 0 aliphatic heterocycles. The molecule has 0 amide bonds. The average Bonchev–Trinajstić information content (AvgIpc) is 3.29. The molecule has 0 saturated heterocycles. The number of aliphatic imine (C=N–C) groups is 1. The summed E-state index contributed by atoms with van der Waals surface area (Å²) in [5.74, 6) is 0.824. The van der Waals surface area contributed by atoms with Crippen molar-refractivity contribution in [2.24, 2.45) is 4.99 Å². The maximum absolute atomic E-state index is 10.6. The fraction of sp³-hybridized carbons (Fsp3) is 0.533. The largest absolute Gasteiger partial charge is 0.354 e. The number of benzene rings is 1. The zero-order chi connectivity index (χ0) is 15.2. The van der Waals surface area contributed by atoms with E-state index in [0.717, 1.165) is 17.9 Å². The highest BCUT2D eigenvalue weighted by Crippen LogP contribution is 2.18. The van der Waals surface area contributed by atoms with E-state index < -0.39 is 4.92 Å². The van der Waals surface area contributed by atoms with E-state index in [1.54, 1.807) is 12.1 Å². The second kappa shape index (κ2) is 8.92. The lowest BCUT2D eigenvalue weighted by atomic mass is 10.2. The molecule has 22 heavy (non-hydrogen) atoms. The maximum Gasteiger partial charge on any atom is 0.269 e. The van der Waals surface area contributed by atoms with Crippen molar-refractivity contribution in [3.8, 4) is 0 Å². The van der Waals surface area contributed by atoms with Gasteiger partial charge < -0.3 is 10.6 Å². The molecule has 1 aromatic rings. The van der Waals surface area contributed by atoms with Crippen LogP contribution in [0.4, 0.5) is 5.69 Å². The number of hydrogen-bond donors (Lipinski definition) is 2. The zero-order valence-corrected chi connectivity index (χ0v) is 15.2. The molecule has 1 saturated carbocycles. The van der Waals surface area contributed by atoms with Crippen LogP contribution in [0.15, 0.2) is 29.3 Å². The fourth-order valence-electron chi connectivity index (χ4n) is 1.78. The molecule has 1 atom stereocenters. The van der Waals surface area contributed by atoms with E-state index >= 15 is 0 Å². The van der Waals surface area contributed by atoms with E-state index in [1.165, 1.54) is 25.0 Å². The SMILES string of the molecule is CCC(C)NC(=NCc1ccc([N+](=O)[O-])cc1)NC1CC1.I. The highest BCUT2D eigenvalue weighted by molar-refractivity contribution is 14.0. The van der Waals surface area contributed by atoms with Crippen molar-refractivity contribution in [3.05, 3.63) is 39.9 Å². The van der Waals surface area contributed by atoms with E-state index in [4.69, 9.17) is 0 Å². The van der Waals surface area contributed by atoms with Gasteiger partial charge in [0.15, 0.2) is 5.96 Å². The zero-order valence-electron chi connectivity index (χ0n) is 12.9. The number of nitro benzene ring substituents is 1. The Hall–Kier alpha value is -1.38. The van der Waals surface area contributed by atoms with Gasteiger partial charge in [-0.05, 0) is 31.7 Å². The monoisotopic (exact) mass is 418 g/mol. The number of rotatable bonds is 6. The Morgan fingerprint density at radius 3 is 2.55 bits per heavy atom. The van der Waals surface area contributed by atoms with Gasteiger partial charge >= 0.3 is 0 Å². The summed E-state index contributed by atoms with van der Waals surface area (Å²) in [6, 6.07) is 7.44. The Morgan fingerprint density at radius 1 is 1.41 bits per heavy atom. The molecule has 1 aliphatic carbocycles. The molecular formula is C15H23IN4O2. The quantitative estimate of drug-likeness (QED) is 0.245. The van der Waals surface area contributed by atoms with E-state index in [1.807, 2.05) is 0 Å². The second-order valence-electron chi connectivity index (χ2n) is 5.46. The summed E-state index contributed by atoms with van der Waals surface area (Å²) in [7, 11) is 0. The first-order valence-corrected chi connectivity index (χ1v) is 7.39. The van der Waals surface area contributed by atoms with Crippen molar-refractivity contribution in [1.82, 2.24) is 10.6 Å². The summed E-state index contributed by atoms with van der Waals surface area (Å²) in [6.45, 7) is 4.76. The minimum Gasteiger partial charge on any atom is -0.354 e. The average molecular weight is 418 g/mol. The van der Waals surface area contributed by atoms with Crippen molar-refractivity contribution in [1.29, 1.82) is 0 Å². The predicted molar refractivity (Wildman–Crippen MR) is 98.7 cm³/mol. The second-order valence-corrected chi connectivity index (χ2v) is 5.46. The van der Waals surface area contributed by atoms with Crippen LogP contribution in [0.5, 0.6) is 0 Å². The van der Waals surface area contributed by atoms with Crippen molar-refractivity contribution in [2.45, 2.75) is 51.7 Å². The first-order valence-electron chi connectivity index (χ1n) is 7.39. The summed E-state index contributed by atoms with van der Waals surface area (Å²) in [6.07, 6.45) is 3.42. The Balaban J connectivity index is 0.00000242. The summed E-state index contributed by atoms with van der Waals surface area (Å²) < 4.78 is 0. The molecule has 1 aromatic carbocycles. The van der Waals surface area contributed by atoms with Crippen molar-refractivity contribution < 1.29 is 4.92 Å². The normalized spacial score (nSPS) is 15.6. The predicted octanol–water partition coefficient (Wildman–Crippen LogP) is 3.21. The van der Waals surface area contributed by atoms with Gasteiger partial charge in [0.2, 0.25) is 0 Å². The number of non-ortho nitro benzene ring substituents is 1. The lowest BCUT2D eigenvalue weighted by molar-refractivity contribution is -0.384. The molecule has 2 N–H and O–H groups in total. The third kappa shape index (κ3) is 6.17. The molecule has 1 aliphatic rings. The minimum atomic E-state index is -0.391. The molecule has 2 rings (SSSR count). The number of guanidine groups is 1. The molecular weight excluding hydrogens is 395 g/mol. The van der Waals surface area contributed by atoms with Crippen LogP contribution in [0.2, 0.25) is 0 Å². The maximum atomic E-state index is 10.6. The van der Waals surface area contributed by atoms with E-state index in [9.17, 15) is 10.1 Å². The van der Waals surface area contributed by atoms with Gasteiger partial charge in [0.25, 0.3) is 5.69 Å². The molecule has 6 nitrogen and oxygen atoms in total. The van der Waals surface area contributed by atoms with Crippen LogP contribution < -0.4 is 10.6 Å². The lowest BCUT2D eigenvalue weighted by Gasteiger charge is -2.16. The summed E-state index contributed by atoms with van der Waals surface area (Å²) >= 11 is 0. The Kier molecular flexibility index (Phi) is 7.57. The standard InChI is InChI=1S/C15H22N4O2.HI/c1-3-11(2)17-15(18-13-6-7-13)16-10-12-4-8-14(9-5-12)19(20)21;/h4-5,8-9,11,13H,3,6-7,10H2,1-2H3,(H2,16,17,18);1H. The Bertz CT molecular complexity index is 515. The summed E-state index contributed by atoms with van der Waals surface area (Å²) in [5, 5.41) is 17.4. The Morgan fingerprint density at radius 2 is 2.05 bits per heavy atom. The molecule has 1 fully saturated rings. The summed E-state index contributed by atoms with van der Waals surface area (Å²) in [4.78, 5) is 14.8. The third-order valence-corrected chi connectivity index (χ3v) is 3.48. The van der Waals surface area contributed by atoms with Crippen molar-refractivity contribution in [2.75, 3.05) is 0 Å². The summed E-state index contributed by atoms with van der Waals surface area (Å²) in [5.41, 5.74) is 1.07. The van der Waals surface area contributed by atoms with Crippen LogP contribution in [-0.2, 0) is 6.54 Å². The van der Waals surface area contributed by atoms with E-state index in [2.05, 4.69) is 29.5 Å². The molecule has 1 unspecified atom stereocenters. The van der Waals surface area contributed by atoms with Gasteiger partial charge in [0.05, 0.1) is 11.5 Å². The van der Waals surface area contributed by atoms with Gasteiger partial charge in [-0.25, -0.2) is 4.99 Å². The van der Waals surface area contributed by atoms with Gasteiger partial charge in [-0.2, -0.15) is 0 Å². The topological polar surface area (TPSA) is 79.6 Å². The van der Waals surface area contributed by atoms with Crippen LogP contribution in [0, 0.1) is 10.1 Å². The number of halogens is 1. The third-order valence-electron chi connectivity index (χ3n) is 3.48. The van der Waals surface area contributed by atoms with Gasteiger partial charge in [-0.15, -0.1) is 24.0 Å². The van der Waals surface area contributed by atoms with Gasteiger partial charge in [0, 0.05) is 24.2 Å². The van der Waals surface area contributed by atoms with Crippen LogP contribution >= 0.6 is 24.0 Å². The number of hydrogen-bond acceptors (Lipinski definition) is 3. The van der Waals surface area contributed by atoms with Crippen molar-refractivity contribution in [3.63, 3.8) is 0 Å². The molecule has 0 aromatic heterocycles. The molecule has 0 radical (unpaired) electrons. The minimum absolute atomic E-state index is 0. The van der Waals surface area contributed by atoms with Gasteiger partial charge in [0.1, 0.15) is 0 Å². The van der Waals surface area contributed by atoms with Crippen LogP contribution in [0.3, 0.4) is 0 Å². The van der Waals surface area contributed by atoms with Gasteiger partial charge in [-0.1, -0.05) is 19.1 Å². The van der Waals surface area contributed by atoms with Crippen LogP contribution in [-0.4, -0.2) is 23.0 Å².